The van der Waals surface area contributed by atoms with Crippen LogP contribution >= 0.6 is 0 Å². The Bertz CT molecular complexity index is 410. The summed E-state index contributed by atoms with van der Waals surface area (Å²) in [6.45, 7) is 8.41. The zero-order valence-corrected chi connectivity index (χ0v) is 13.2. The molecule has 1 saturated carbocycles. The molecule has 0 heterocycles. The molecule has 0 aliphatic heterocycles. The van der Waals surface area contributed by atoms with Crippen molar-refractivity contribution < 1.29 is 4.74 Å². The van der Waals surface area contributed by atoms with E-state index in [2.05, 4.69) is 44.3 Å². The molecule has 0 saturated heterocycles. The number of benzene rings is 1. The number of hydrogen-bond acceptors (Lipinski definition) is 2. The molecule has 1 fully saturated rings. The van der Waals surface area contributed by atoms with Gasteiger partial charge in [0.15, 0.2) is 0 Å². The van der Waals surface area contributed by atoms with Crippen molar-refractivity contribution in [2.45, 2.75) is 65.0 Å². The van der Waals surface area contributed by atoms with Crippen LogP contribution in [0.2, 0.25) is 0 Å². The van der Waals surface area contributed by atoms with Gasteiger partial charge in [-0.15, -0.1) is 0 Å². The molecule has 1 aromatic carbocycles. The van der Waals surface area contributed by atoms with Crippen LogP contribution in [-0.2, 0) is 4.74 Å². The number of ether oxygens (including phenoxy) is 1. The minimum atomic E-state index is 0.329. The fourth-order valence-electron chi connectivity index (χ4n) is 2.86. The van der Waals surface area contributed by atoms with Crippen molar-refractivity contribution in [2.24, 2.45) is 0 Å². The summed E-state index contributed by atoms with van der Waals surface area (Å²) >= 11 is 0. The van der Waals surface area contributed by atoms with Crippen LogP contribution in [0.25, 0.3) is 0 Å². The van der Waals surface area contributed by atoms with Crippen LogP contribution in [0, 0.1) is 13.8 Å². The summed E-state index contributed by atoms with van der Waals surface area (Å²) in [5, 5.41) is 3.63. The third-order valence-electron chi connectivity index (χ3n) is 4.37. The first-order valence-electron chi connectivity index (χ1n) is 8.13. The average Bonchev–Trinajstić information content (AvgIpc) is 2.95. The van der Waals surface area contributed by atoms with Crippen molar-refractivity contribution in [1.82, 2.24) is 5.32 Å². The highest BCUT2D eigenvalue weighted by molar-refractivity contribution is 5.31. The number of nitrogens with one attached hydrogen (secondary N) is 1. The van der Waals surface area contributed by atoms with Gasteiger partial charge in [-0.2, -0.15) is 0 Å². The summed E-state index contributed by atoms with van der Waals surface area (Å²) in [4.78, 5) is 0. The maximum Gasteiger partial charge on any atom is 0.0665 e. The van der Waals surface area contributed by atoms with Crippen LogP contribution in [0.4, 0.5) is 0 Å². The monoisotopic (exact) mass is 275 g/mol. The molecule has 2 heteroatoms. The highest BCUT2D eigenvalue weighted by Crippen LogP contribution is 2.24. The Hall–Kier alpha value is -0.860. The topological polar surface area (TPSA) is 21.3 Å². The van der Waals surface area contributed by atoms with E-state index in [0.29, 0.717) is 12.1 Å². The average molecular weight is 275 g/mol. The minimum absolute atomic E-state index is 0.329. The van der Waals surface area contributed by atoms with Crippen LogP contribution < -0.4 is 5.32 Å². The Labute approximate surface area is 123 Å². The molecule has 0 bridgehead atoms. The summed E-state index contributed by atoms with van der Waals surface area (Å²) in [7, 11) is 0. The molecular formula is C18H29NO. The molecule has 1 aromatic rings. The van der Waals surface area contributed by atoms with Crippen molar-refractivity contribution >= 4 is 0 Å². The number of aryl methyl sites for hydroxylation is 2. The number of hydrogen-bond donors (Lipinski definition) is 1. The maximum atomic E-state index is 6.12. The Kier molecular flexibility index (Phi) is 6.06. The Balaban J connectivity index is 1.99. The third-order valence-corrected chi connectivity index (χ3v) is 4.37. The van der Waals surface area contributed by atoms with Crippen LogP contribution in [0.3, 0.4) is 0 Å². The van der Waals surface area contributed by atoms with E-state index in [-0.39, 0.29) is 0 Å². The largest absolute Gasteiger partial charge is 0.376 e. The fourth-order valence-corrected chi connectivity index (χ4v) is 2.86. The lowest BCUT2D eigenvalue weighted by molar-refractivity contribution is 0.0426. The quantitative estimate of drug-likeness (QED) is 0.801. The van der Waals surface area contributed by atoms with E-state index in [9.17, 15) is 0 Å². The summed E-state index contributed by atoms with van der Waals surface area (Å²) in [6.07, 6.45) is 6.81. The lowest BCUT2D eigenvalue weighted by Gasteiger charge is -2.22. The molecule has 2 nitrogen and oxygen atoms in total. The van der Waals surface area contributed by atoms with Gasteiger partial charge >= 0.3 is 0 Å². The van der Waals surface area contributed by atoms with Crippen LogP contribution in [-0.4, -0.2) is 19.3 Å². The SMILES string of the molecule is CCCNC(COC1CCCC1)c1ccc(C)c(C)c1. The van der Waals surface area contributed by atoms with Gasteiger partial charge in [0.25, 0.3) is 0 Å². The Morgan fingerprint density at radius 1 is 1.20 bits per heavy atom. The second-order valence-electron chi connectivity index (χ2n) is 6.09. The Morgan fingerprint density at radius 2 is 1.95 bits per heavy atom. The molecule has 0 spiro atoms. The third kappa shape index (κ3) is 4.32. The zero-order chi connectivity index (χ0) is 14.4. The Morgan fingerprint density at radius 3 is 2.60 bits per heavy atom. The van der Waals surface area contributed by atoms with Crippen molar-refractivity contribution in [2.75, 3.05) is 13.2 Å². The highest BCUT2D eigenvalue weighted by atomic mass is 16.5. The molecule has 0 radical (unpaired) electrons. The van der Waals surface area contributed by atoms with E-state index in [1.807, 2.05) is 0 Å². The van der Waals surface area contributed by atoms with Gasteiger partial charge in [0.1, 0.15) is 0 Å². The second-order valence-corrected chi connectivity index (χ2v) is 6.09. The summed E-state index contributed by atoms with van der Waals surface area (Å²) in [5.74, 6) is 0. The van der Waals surface area contributed by atoms with Gasteiger partial charge in [0, 0.05) is 0 Å². The summed E-state index contributed by atoms with van der Waals surface area (Å²) in [5.41, 5.74) is 4.09. The smallest absolute Gasteiger partial charge is 0.0665 e. The lowest BCUT2D eigenvalue weighted by atomic mass is 10.0. The van der Waals surface area contributed by atoms with Gasteiger partial charge in [0.2, 0.25) is 0 Å². The molecule has 1 aliphatic carbocycles. The van der Waals surface area contributed by atoms with E-state index >= 15 is 0 Å². The van der Waals surface area contributed by atoms with E-state index in [1.165, 1.54) is 42.4 Å². The van der Waals surface area contributed by atoms with E-state index in [0.717, 1.165) is 19.6 Å². The van der Waals surface area contributed by atoms with Crippen LogP contribution in [0.15, 0.2) is 18.2 Å². The van der Waals surface area contributed by atoms with Gasteiger partial charge in [-0.05, 0) is 56.3 Å². The summed E-state index contributed by atoms with van der Waals surface area (Å²) in [6, 6.07) is 7.10. The molecule has 20 heavy (non-hydrogen) atoms. The first kappa shape index (κ1) is 15.5. The maximum absolute atomic E-state index is 6.12. The minimum Gasteiger partial charge on any atom is -0.376 e. The lowest BCUT2D eigenvalue weighted by Crippen LogP contribution is -2.28. The van der Waals surface area contributed by atoms with Crippen molar-refractivity contribution in [1.29, 1.82) is 0 Å². The van der Waals surface area contributed by atoms with E-state index < -0.39 is 0 Å². The predicted octanol–water partition coefficient (Wildman–Crippen LogP) is 4.30. The van der Waals surface area contributed by atoms with E-state index in [4.69, 9.17) is 4.74 Å². The molecule has 1 N–H and O–H groups in total. The molecule has 0 aromatic heterocycles. The normalized spacial score (nSPS) is 17.6. The highest BCUT2D eigenvalue weighted by Gasteiger charge is 2.18. The molecule has 2 rings (SSSR count). The molecule has 0 amide bonds. The fraction of sp³-hybridized carbons (Fsp3) is 0.667. The molecule has 1 aliphatic rings. The van der Waals surface area contributed by atoms with Gasteiger partial charge in [-0.1, -0.05) is 38.0 Å². The van der Waals surface area contributed by atoms with Crippen molar-refractivity contribution in [3.05, 3.63) is 34.9 Å². The molecular weight excluding hydrogens is 246 g/mol. The molecule has 112 valence electrons. The first-order valence-corrected chi connectivity index (χ1v) is 8.13. The van der Waals surface area contributed by atoms with Crippen LogP contribution in [0.5, 0.6) is 0 Å². The zero-order valence-electron chi connectivity index (χ0n) is 13.2. The molecule has 1 unspecified atom stereocenters. The first-order chi connectivity index (χ1) is 9.70. The van der Waals surface area contributed by atoms with E-state index in [1.54, 1.807) is 0 Å². The van der Waals surface area contributed by atoms with Gasteiger partial charge in [-0.3, -0.25) is 0 Å². The van der Waals surface area contributed by atoms with Crippen LogP contribution in [0.1, 0.15) is 61.8 Å². The van der Waals surface area contributed by atoms with Gasteiger partial charge in [0.05, 0.1) is 18.8 Å². The predicted molar refractivity (Wildman–Crippen MR) is 85.2 cm³/mol. The second kappa shape index (κ2) is 7.80. The van der Waals surface area contributed by atoms with Gasteiger partial charge < -0.3 is 10.1 Å². The number of rotatable bonds is 7. The molecule has 1 atom stereocenters. The van der Waals surface area contributed by atoms with Gasteiger partial charge in [-0.25, -0.2) is 0 Å². The van der Waals surface area contributed by atoms with Crippen molar-refractivity contribution in [3.63, 3.8) is 0 Å². The van der Waals surface area contributed by atoms with Crippen molar-refractivity contribution in [3.8, 4) is 0 Å². The summed E-state index contributed by atoms with van der Waals surface area (Å²) < 4.78 is 6.12. The standard InChI is InChI=1S/C18H29NO/c1-4-11-19-18(13-20-17-7-5-6-8-17)16-10-9-14(2)15(3)12-16/h9-10,12,17-19H,4-8,11,13H2,1-3H3.